The fourth-order valence-corrected chi connectivity index (χ4v) is 2.74. The van der Waals surface area contributed by atoms with E-state index in [4.69, 9.17) is 0 Å². The highest BCUT2D eigenvalue weighted by atomic mass is 32.2. The normalized spacial score (nSPS) is 10.8. The molecule has 2 rings (SSSR count). The van der Waals surface area contributed by atoms with Crippen LogP contribution in [-0.2, 0) is 19.9 Å². The molecule has 0 saturated heterocycles. The second-order valence-electron chi connectivity index (χ2n) is 4.14. The van der Waals surface area contributed by atoms with Crippen molar-refractivity contribution >= 4 is 17.7 Å². The van der Waals surface area contributed by atoms with Gasteiger partial charge in [-0.1, -0.05) is 13.8 Å². The summed E-state index contributed by atoms with van der Waals surface area (Å²) in [6, 6.07) is 0. The summed E-state index contributed by atoms with van der Waals surface area (Å²) in [5, 5.41) is 26.3. The molecule has 0 atom stereocenters. The van der Waals surface area contributed by atoms with Crippen molar-refractivity contribution in [3.8, 4) is 0 Å². The minimum atomic E-state index is -0.990. The number of nitrogens with zero attached hydrogens (tertiary/aromatic N) is 5. The highest BCUT2D eigenvalue weighted by Gasteiger charge is 2.22. The lowest BCUT2D eigenvalue weighted by Gasteiger charge is -2.11. The summed E-state index contributed by atoms with van der Waals surface area (Å²) in [6.07, 6.45) is 2.81. The van der Waals surface area contributed by atoms with Gasteiger partial charge in [0.1, 0.15) is 11.4 Å². The Morgan fingerprint density at radius 1 is 1.30 bits per heavy atom. The van der Waals surface area contributed by atoms with Crippen molar-refractivity contribution in [3.05, 3.63) is 23.1 Å². The van der Waals surface area contributed by atoms with Gasteiger partial charge in [0, 0.05) is 7.05 Å². The van der Waals surface area contributed by atoms with Crippen LogP contribution in [0.1, 0.15) is 35.5 Å². The predicted molar refractivity (Wildman–Crippen MR) is 72.9 cm³/mol. The standard InChI is InChI=1S/C12H15N5O2S/c1-4-7-8(5-2)14-15-10(9(7)11(18)19)20-12-16-13-6-17(12)3/h6H,4-5H2,1-3H3,(H,18,19). The van der Waals surface area contributed by atoms with Crippen molar-refractivity contribution in [3.63, 3.8) is 0 Å². The number of carboxylic acid groups (broad SMARTS) is 1. The number of hydrogen-bond donors (Lipinski definition) is 1. The quantitative estimate of drug-likeness (QED) is 0.894. The zero-order valence-corrected chi connectivity index (χ0v) is 12.3. The van der Waals surface area contributed by atoms with Crippen LogP contribution in [0.5, 0.6) is 0 Å². The smallest absolute Gasteiger partial charge is 0.338 e. The molecule has 0 unspecified atom stereocenters. The first-order valence-electron chi connectivity index (χ1n) is 6.22. The van der Waals surface area contributed by atoms with Gasteiger partial charge < -0.3 is 9.67 Å². The molecule has 2 aromatic heterocycles. The average Bonchev–Trinajstić information content (AvgIpc) is 2.83. The lowest BCUT2D eigenvalue weighted by atomic mass is 10.0. The second-order valence-corrected chi connectivity index (χ2v) is 5.10. The molecule has 0 saturated carbocycles. The van der Waals surface area contributed by atoms with Gasteiger partial charge in [-0.3, -0.25) is 0 Å². The number of hydrogen-bond acceptors (Lipinski definition) is 6. The molecule has 0 radical (unpaired) electrons. The molecular formula is C12H15N5O2S. The summed E-state index contributed by atoms with van der Waals surface area (Å²) in [6.45, 7) is 3.85. The van der Waals surface area contributed by atoms with Crippen LogP contribution in [-0.4, -0.2) is 36.0 Å². The molecule has 106 valence electrons. The molecule has 0 fully saturated rings. The van der Waals surface area contributed by atoms with Gasteiger partial charge in [-0.05, 0) is 30.2 Å². The van der Waals surface area contributed by atoms with E-state index < -0.39 is 5.97 Å². The Labute approximate surface area is 120 Å². The minimum absolute atomic E-state index is 0.215. The molecule has 2 aromatic rings. The van der Waals surface area contributed by atoms with Gasteiger partial charge in [0.2, 0.25) is 0 Å². The van der Waals surface area contributed by atoms with Crippen LogP contribution >= 0.6 is 11.8 Å². The van der Waals surface area contributed by atoms with E-state index in [1.165, 1.54) is 0 Å². The third-order valence-corrected chi connectivity index (χ3v) is 3.92. The first-order chi connectivity index (χ1) is 9.58. The highest BCUT2D eigenvalue weighted by Crippen LogP contribution is 2.29. The fourth-order valence-electron chi connectivity index (χ4n) is 1.90. The predicted octanol–water partition coefficient (Wildman–Crippen LogP) is 1.58. The van der Waals surface area contributed by atoms with Crippen LogP contribution in [0.15, 0.2) is 16.5 Å². The Balaban J connectivity index is 2.53. The lowest BCUT2D eigenvalue weighted by molar-refractivity contribution is 0.0690. The average molecular weight is 293 g/mol. The van der Waals surface area contributed by atoms with E-state index in [-0.39, 0.29) is 5.56 Å². The summed E-state index contributed by atoms with van der Waals surface area (Å²) in [5.74, 6) is -0.990. The number of rotatable bonds is 5. The maximum Gasteiger partial charge on any atom is 0.338 e. The van der Waals surface area contributed by atoms with Gasteiger partial charge in [-0.25, -0.2) is 4.79 Å². The largest absolute Gasteiger partial charge is 0.478 e. The molecule has 0 bridgehead atoms. The summed E-state index contributed by atoms with van der Waals surface area (Å²) < 4.78 is 1.71. The SMILES string of the molecule is CCc1nnc(Sc2nncn2C)c(C(=O)O)c1CC. The fraction of sp³-hybridized carbons (Fsp3) is 0.417. The van der Waals surface area contributed by atoms with Gasteiger partial charge in [-0.15, -0.1) is 15.3 Å². The van der Waals surface area contributed by atoms with Crippen LogP contribution in [0.4, 0.5) is 0 Å². The zero-order chi connectivity index (χ0) is 14.7. The molecule has 0 spiro atoms. The molecule has 0 aromatic carbocycles. The number of aryl methyl sites for hydroxylation is 2. The van der Waals surface area contributed by atoms with E-state index in [9.17, 15) is 9.90 Å². The van der Waals surface area contributed by atoms with Crippen LogP contribution in [0.25, 0.3) is 0 Å². The molecular weight excluding hydrogens is 278 g/mol. The molecule has 0 aliphatic heterocycles. The van der Waals surface area contributed by atoms with Crippen molar-refractivity contribution in [1.29, 1.82) is 0 Å². The zero-order valence-electron chi connectivity index (χ0n) is 11.5. The van der Waals surface area contributed by atoms with Crippen molar-refractivity contribution in [2.24, 2.45) is 7.05 Å². The first-order valence-corrected chi connectivity index (χ1v) is 7.03. The third-order valence-electron chi connectivity index (χ3n) is 2.89. The lowest BCUT2D eigenvalue weighted by Crippen LogP contribution is -2.11. The van der Waals surface area contributed by atoms with Crippen molar-refractivity contribution in [1.82, 2.24) is 25.0 Å². The van der Waals surface area contributed by atoms with E-state index in [1.807, 2.05) is 13.8 Å². The van der Waals surface area contributed by atoms with Crippen LogP contribution in [0.3, 0.4) is 0 Å². The molecule has 20 heavy (non-hydrogen) atoms. The second kappa shape index (κ2) is 6.00. The summed E-state index contributed by atoms with van der Waals surface area (Å²) >= 11 is 1.16. The van der Waals surface area contributed by atoms with Crippen molar-refractivity contribution in [2.45, 2.75) is 36.9 Å². The van der Waals surface area contributed by atoms with E-state index in [0.29, 0.717) is 23.0 Å². The van der Waals surface area contributed by atoms with E-state index in [0.717, 1.165) is 23.0 Å². The van der Waals surface area contributed by atoms with Gasteiger partial charge in [-0.2, -0.15) is 5.10 Å². The summed E-state index contributed by atoms with van der Waals surface area (Å²) in [4.78, 5) is 11.6. The highest BCUT2D eigenvalue weighted by molar-refractivity contribution is 7.99. The molecule has 0 aliphatic carbocycles. The van der Waals surface area contributed by atoms with Gasteiger partial charge in [0.05, 0.1) is 11.3 Å². The monoisotopic (exact) mass is 293 g/mol. The Bertz CT molecular complexity index is 641. The molecule has 1 N–H and O–H groups in total. The van der Waals surface area contributed by atoms with Crippen molar-refractivity contribution in [2.75, 3.05) is 0 Å². The maximum atomic E-state index is 11.6. The van der Waals surface area contributed by atoms with Crippen LogP contribution in [0, 0.1) is 0 Å². The molecule has 0 amide bonds. The third kappa shape index (κ3) is 2.64. The maximum absolute atomic E-state index is 11.6. The first kappa shape index (κ1) is 14.4. The molecule has 8 heteroatoms. The number of aromatic carboxylic acids is 1. The van der Waals surface area contributed by atoms with E-state index in [1.54, 1.807) is 17.9 Å². The topological polar surface area (TPSA) is 93.8 Å². The minimum Gasteiger partial charge on any atom is -0.478 e. The van der Waals surface area contributed by atoms with E-state index in [2.05, 4.69) is 20.4 Å². The Morgan fingerprint density at radius 3 is 2.55 bits per heavy atom. The van der Waals surface area contributed by atoms with E-state index >= 15 is 0 Å². The molecule has 2 heterocycles. The van der Waals surface area contributed by atoms with Crippen LogP contribution < -0.4 is 0 Å². The van der Waals surface area contributed by atoms with Gasteiger partial charge in [0.25, 0.3) is 0 Å². The summed E-state index contributed by atoms with van der Waals surface area (Å²) in [7, 11) is 1.79. The number of carboxylic acids is 1. The van der Waals surface area contributed by atoms with Crippen LogP contribution in [0.2, 0.25) is 0 Å². The Hall–Kier alpha value is -1.96. The number of aromatic nitrogens is 5. The summed E-state index contributed by atoms with van der Waals surface area (Å²) in [5.41, 5.74) is 1.68. The van der Waals surface area contributed by atoms with Gasteiger partial charge in [0.15, 0.2) is 5.16 Å². The molecule has 0 aliphatic rings. The Morgan fingerprint density at radius 2 is 2.05 bits per heavy atom. The number of carbonyl (C=O) groups is 1. The Kier molecular flexibility index (Phi) is 4.33. The van der Waals surface area contributed by atoms with Crippen molar-refractivity contribution < 1.29 is 9.90 Å². The van der Waals surface area contributed by atoms with Gasteiger partial charge >= 0.3 is 5.97 Å². The molecule has 7 nitrogen and oxygen atoms in total.